The summed E-state index contributed by atoms with van der Waals surface area (Å²) in [6, 6.07) is 16.2. The Balaban J connectivity index is 2.12. The summed E-state index contributed by atoms with van der Waals surface area (Å²) in [4.78, 5) is 26.8. The predicted molar refractivity (Wildman–Crippen MR) is 109 cm³/mol. The topological polar surface area (TPSA) is 58.6 Å². The van der Waals surface area contributed by atoms with E-state index in [0.717, 1.165) is 10.0 Å². The Labute approximate surface area is 168 Å². The lowest BCUT2D eigenvalue weighted by Crippen LogP contribution is -2.50. The van der Waals surface area contributed by atoms with Gasteiger partial charge in [0.05, 0.1) is 0 Å². The van der Waals surface area contributed by atoms with Crippen molar-refractivity contribution in [3.63, 3.8) is 0 Å². The molecule has 0 radical (unpaired) electrons. The molecule has 0 bridgehead atoms. The minimum atomic E-state index is -0.608. The quantitative estimate of drug-likeness (QED) is 0.690. The van der Waals surface area contributed by atoms with E-state index in [0.29, 0.717) is 12.3 Å². The maximum Gasteiger partial charge on any atom is 0.261 e. The Morgan fingerprint density at radius 1 is 1.04 bits per heavy atom. The van der Waals surface area contributed by atoms with Crippen LogP contribution in [0.2, 0.25) is 0 Å². The number of hydrogen-bond acceptors (Lipinski definition) is 3. The Bertz CT molecular complexity index is 748. The summed E-state index contributed by atoms with van der Waals surface area (Å²) < 4.78 is 6.55. The van der Waals surface area contributed by atoms with E-state index < -0.39 is 6.04 Å². The molecule has 0 aromatic heterocycles. The van der Waals surface area contributed by atoms with E-state index >= 15 is 0 Å². The molecule has 2 aromatic rings. The number of carbonyl (C=O) groups is 2. The second kappa shape index (κ2) is 10.1. The molecule has 27 heavy (non-hydrogen) atoms. The minimum absolute atomic E-state index is 0.00477. The van der Waals surface area contributed by atoms with Crippen LogP contribution in [0.4, 0.5) is 0 Å². The van der Waals surface area contributed by atoms with Gasteiger partial charge < -0.3 is 15.0 Å². The molecular formula is C21H25BrN2O3. The van der Waals surface area contributed by atoms with Gasteiger partial charge in [-0.05, 0) is 50.6 Å². The summed E-state index contributed by atoms with van der Waals surface area (Å²) in [5.41, 5.74) is 0.940. The van der Waals surface area contributed by atoms with Gasteiger partial charge in [0.1, 0.15) is 11.8 Å². The average molecular weight is 433 g/mol. The van der Waals surface area contributed by atoms with Crippen LogP contribution in [0.1, 0.15) is 26.3 Å². The van der Waals surface area contributed by atoms with Crippen molar-refractivity contribution in [2.75, 3.05) is 6.61 Å². The summed E-state index contributed by atoms with van der Waals surface area (Å²) in [6.45, 7) is 5.72. The van der Waals surface area contributed by atoms with Crippen LogP contribution in [-0.4, -0.2) is 35.4 Å². The van der Waals surface area contributed by atoms with Gasteiger partial charge >= 0.3 is 0 Å². The van der Waals surface area contributed by atoms with E-state index in [2.05, 4.69) is 21.2 Å². The van der Waals surface area contributed by atoms with E-state index in [1.54, 1.807) is 24.0 Å². The normalized spacial score (nSPS) is 11.7. The highest BCUT2D eigenvalue weighted by atomic mass is 79.9. The molecule has 0 spiro atoms. The molecule has 0 saturated carbocycles. The Morgan fingerprint density at radius 2 is 1.67 bits per heavy atom. The molecular weight excluding hydrogens is 408 g/mol. The third-order valence-electron chi connectivity index (χ3n) is 3.97. The van der Waals surface area contributed by atoms with Crippen LogP contribution in [-0.2, 0) is 16.1 Å². The van der Waals surface area contributed by atoms with E-state index in [-0.39, 0.29) is 24.5 Å². The lowest BCUT2D eigenvalue weighted by Gasteiger charge is -2.29. The minimum Gasteiger partial charge on any atom is -0.484 e. The Hall–Kier alpha value is -2.34. The Kier molecular flexibility index (Phi) is 7.85. The van der Waals surface area contributed by atoms with Gasteiger partial charge in [0.25, 0.3) is 5.91 Å². The van der Waals surface area contributed by atoms with Crippen molar-refractivity contribution in [1.82, 2.24) is 10.2 Å². The maximum atomic E-state index is 12.8. The standard InChI is InChI=1S/C21H25BrN2O3/c1-15(2)23-21(26)16(3)24(13-17-9-11-18(22)12-10-17)20(25)14-27-19-7-5-4-6-8-19/h4-12,15-16H,13-14H2,1-3H3,(H,23,26)/t16-/m1/s1. The number of amides is 2. The van der Waals surface area contributed by atoms with Crippen LogP contribution in [0.15, 0.2) is 59.1 Å². The lowest BCUT2D eigenvalue weighted by molar-refractivity contribution is -0.142. The zero-order valence-corrected chi connectivity index (χ0v) is 17.4. The Morgan fingerprint density at radius 3 is 2.26 bits per heavy atom. The monoisotopic (exact) mass is 432 g/mol. The number of para-hydroxylation sites is 1. The second-order valence-corrected chi connectivity index (χ2v) is 7.50. The fraction of sp³-hybridized carbons (Fsp3) is 0.333. The molecule has 0 unspecified atom stereocenters. The first kappa shape index (κ1) is 21.0. The van der Waals surface area contributed by atoms with Gasteiger partial charge in [-0.2, -0.15) is 0 Å². The molecule has 0 fully saturated rings. The maximum absolute atomic E-state index is 12.8. The summed E-state index contributed by atoms with van der Waals surface area (Å²) >= 11 is 3.41. The molecule has 1 atom stereocenters. The highest BCUT2D eigenvalue weighted by Gasteiger charge is 2.26. The number of halogens is 1. The SMILES string of the molecule is CC(C)NC(=O)[C@@H](C)N(Cc1ccc(Br)cc1)C(=O)COc1ccccc1. The molecule has 6 heteroatoms. The first-order chi connectivity index (χ1) is 12.9. The summed E-state index contributed by atoms with van der Waals surface area (Å²) in [7, 11) is 0. The molecule has 0 saturated heterocycles. The third kappa shape index (κ3) is 6.71. The molecule has 0 heterocycles. The summed E-state index contributed by atoms with van der Waals surface area (Å²) in [5, 5.41) is 2.87. The highest BCUT2D eigenvalue weighted by molar-refractivity contribution is 9.10. The fourth-order valence-corrected chi connectivity index (χ4v) is 2.78. The molecule has 0 aliphatic heterocycles. The lowest BCUT2D eigenvalue weighted by atomic mass is 10.1. The zero-order valence-electron chi connectivity index (χ0n) is 15.8. The summed E-state index contributed by atoms with van der Waals surface area (Å²) in [6.07, 6.45) is 0. The molecule has 5 nitrogen and oxygen atoms in total. The number of carbonyl (C=O) groups excluding carboxylic acids is 2. The molecule has 0 aliphatic carbocycles. The number of nitrogens with zero attached hydrogens (tertiary/aromatic N) is 1. The van der Waals surface area contributed by atoms with Gasteiger partial charge in [0.15, 0.2) is 6.61 Å². The number of ether oxygens (including phenoxy) is 1. The van der Waals surface area contributed by atoms with Gasteiger partial charge in [0, 0.05) is 17.1 Å². The summed E-state index contributed by atoms with van der Waals surface area (Å²) in [5.74, 6) is 0.192. The van der Waals surface area contributed by atoms with Crippen LogP contribution >= 0.6 is 15.9 Å². The first-order valence-corrected chi connectivity index (χ1v) is 9.68. The van der Waals surface area contributed by atoms with Crippen molar-refractivity contribution in [1.29, 1.82) is 0 Å². The number of benzene rings is 2. The van der Waals surface area contributed by atoms with Crippen molar-refractivity contribution in [3.8, 4) is 5.75 Å². The molecule has 2 amide bonds. The van der Waals surface area contributed by atoms with Crippen molar-refractivity contribution in [2.24, 2.45) is 0 Å². The van der Waals surface area contributed by atoms with Crippen molar-refractivity contribution >= 4 is 27.7 Å². The fourth-order valence-electron chi connectivity index (χ4n) is 2.52. The number of hydrogen-bond donors (Lipinski definition) is 1. The molecule has 2 aromatic carbocycles. The third-order valence-corrected chi connectivity index (χ3v) is 4.50. The van der Waals surface area contributed by atoms with E-state index in [1.165, 1.54) is 0 Å². The van der Waals surface area contributed by atoms with Crippen LogP contribution < -0.4 is 10.1 Å². The van der Waals surface area contributed by atoms with Gasteiger partial charge in [-0.15, -0.1) is 0 Å². The van der Waals surface area contributed by atoms with Crippen molar-refractivity contribution in [3.05, 3.63) is 64.6 Å². The molecule has 2 rings (SSSR count). The van der Waals surface area contributed by atoms with Gasteiger partial charge in [-0.3, -0.25) is 9.59 Å². The van der Waals surface area contributed by atoms with Crippen molar-refractivity contribution < 1.29 is 14.3 Å². The van der Waals surface area contributed by atoms with E-state index in [9.17, 15) is 9.59 Å². The smallest absolute Gasteiger partial charge is 0.261 e. The van der Waals surface area contributed by atoms with E-state index in [4.69, 9.17) is 4.74 Å². The predicted octanol–water partition coefficient (Wildman–Crippen LogP) is 3.77. The van der Waals surface area contributed by atoms with Crippen LogP contribution in [0.5, 0.6) is 5.75 Å². The van der Waals surface area contributed by atoms with Gasteiger partial charge in [-0.1, -0.05) is 46.3 Å². The number of rotatable bonds is 8. The van der Waals surface area contributed by atoms with Gasteiger partial charge in [0.2, 0.25) is 5.91 Å². The second-order valence-electron chi connectivity index (χ2n) is 6.59. The molecule has 1 N–H and O–H groups in total. The van der Waals surface area contributed by atoms with Gasteiger partial charge in [-0.25, -0.2) is 0 Å². The van der Waals surface area contributed by atoms with Crippen LogP contribution in [0, 0.1) is 0 Å². The van der Waals surface area contributed by atoms with Crippen molar-refractivity contribution in [2.45, 2.75) is 39.4 Å². The average Bonchev–Trinajstić information content (AvgIpc) is 2.65. The molecule has 144 valence electrons. The highest BCUT2D eigenvalue weighted by Crippen LogP contribution is 2.15. The van der Waals surface area contributed by atoms with Crippen LogP contribution in [0.25, 0.3) is 0 Å². The first-order valence-electron chi connectivity index (χ1n) is 8.89. The zero-order chi connectivity index (χ0) is 19.8. The van der Waals surface area contributed by atoms with E-state index in [1.807, 2.05) is 56.3 Å². The number of nitrogens with one attached hydrogen (secondary N) is 1. The van der Waals surface area contributed by atoms with Crippen LogP contribution in [0.3, 0.4) is 0 Å². The largest absolute Gasteiger partial charge is 0.484 e. The molecule has 0 aliphatic rings.